The van der Waals surface area contributed by atoms with Crippen LogP contribution in [-0.2, 0) is 0 Å². The highest BCUT2D eigenvalue weighted by Crippen LogP contribution is 2.35. The summed E-state index contributed by atoms with van der Waals surface area (Å²) < 4.78 is 10.9. The summed E-state index contributed by atoms with van der Waals surface area (Å²) in [5, 5.41) is 1.91. The molecular weight excluding hydrogens is 236 g/mol. The number of methoxy groups -OCH3 is 1. The number of ether oxygens (including phenoxy) is 1. The second-order valence-electron chi connectivity index (χ2n) is 3.53. The SMILES string of the molecule is COc1cccc2oc(-c3sccc3N)nc12. The van der Waals surface area contributed by atoms with E-state index in [-0.39, 0.29) is 0 Å². The lowest BCUT2D eigenvalue weighted by Crippen LogP contribution is -1.84. The van der Waals surface area contributed by atoms with Crippen molar-refractivity contribution in [3.05, 3.63) is 29.6 Å². The average molecular weight is 246 g/mol. The fourth-order valence-corrected chi connectivity index (χ4v) is 2.42. The normalized spacial score (nSPS) is 10.9. The number of benzene rings is 1. The summed E-state index contributed by atoms with van der Waals surface area (Å²) in [7, 11) is 1.61. The molecule has 0 bridgehead atoms. The molecular formula is C12H10N2O2S. The van der Waals surface area contributed by atoms with E-state index < -0.39 is 0 Å². The second kappa shape index (κ2) is 3.78. The molecule has 0 saturated heterocycles. The van der Waals surface area contributed by atoms with Crippen LogP contribution in [0.4, 0.5) is 5.69 Å². The molecule has 0 amide bonds. The van der Waals surface area contributed by atoms with Crippen LogP contribution >= 0.6 is 11.3 Å². The Bertz CT molecular complexity index is 672. The largest absolute Gasteiger partial charge is 0.494 e. The molecule has 17 heavy (non-hydrogen) atoms. The fraction of sp³-hybridized carbons (Fsp3) is 0.0833. The number of fused-ring (bicyclic) bond motifs is 1. The van der Waals surface area contributed by atoms with Gasteiger partial charge in [0.2, 0.25) is 5.89 Å². The predicted octanol–water partition coefficient (Wildman–Crippen LogP) is 3.15. The van der Waals surface area contributed by atoms with Crippen LogP contribution in [0, 0.1) is 0 Å². The van der Waals surface area contributed by atoms with Crippen LogP contribution in [0.2, 0.25) is 0 Å². The molecule has 2 aromatic heterocycles. The number of para-hydroxylation sites is 1. The fourth-order valence-electron chi connectivity index (χ4n) is 1.68. The van der Waals surface area contributed by atoms with E-state index in [1.165, 1.54) is 11.3 Å². The maximum absolute atomic E-state index is 5.84. The summed E-state index contributed by atoms with van der Waals surface area (Å²) in [5.41, 5.74) is 7.95. The summed E-state index contributed by atoms with van der Waals surface area (Å²) in [6, 6.07) is 7.42. The quantitative estimate of drug-likeness (QED) is 0.754. The van der Waals surface area contributed by atoms with Crippen LogP contribution in [-0.4, -0.2) is 12.1 Å². The predicted molar refractivity (Wildman–Crippen MR) is 68.3 cm³/mol. The Morgan fingerprint density at radius 2 is 2.24 bits per heavy atom. The first-order valence-electron chi connectivity index (χ1n) is 5.06. The minimum atomic E-state index is 0.539. The minimum Gasteiger partial charge on any atom is -0.494 e. The first-order valence-corrected chi connectivity index (χ1v) is 5.94. The van der Waals surface area contributed by atoms with Gasteiger partial charge in [-0.3, -0.25) is 0 Å². The zero-order chi connectivity index (χ0) is 11.8. The van der Waals surface area contributed by atoms with E-state index >= 15 is 0 Å². The van der Waals surface area contributed by atoms with Crippen LogP contribution in [0.15, 0.2) is 34.1 Å². The molecule has 5 heteroatoms. The Balaban J connectivity index is 2.24. The Labute approximate surface area is 102 Å². The third-order valence-electron chi connectivity index (χ3n) is 2.49. The molecule has 2 heterocycles. The molecule has 0 spiro atoms. The lowest BCUT2D eigenvalue weighted by Gasteiger charge is -1.96. The van der Waals surface area contributed by atoms with E-state index in [0.717, 1.165) is 10.4 Å². The van der Waals surface area contributed by atoms with E-state index in [9.17, 15) is 0 Å². The van der Waals surface area contributed by atoms with Crippen LogP contribution in [0.25, 0.3) is 21.9 Å². The van der Waals surface area contributed by atoms with E-state index in [2.05, 4.69) is 4.98 Å². The molecule has 3 rings (SSSR count). The molecule has 0 radical (unpaired) electrons. The van der Waals surface area contributed by atoms with Gasteiger partial charge < -0.3 is 14.9 Å². The van der Waals surface area contributed by atoms with Gasteiger partial charge in [-0.2, -0.15) is 0 Å². The van der Waals surface area contributed by atoms with Crippen molar-refractivity contribution in [1.82, 2.24) is 4.98 Å². The number of nitrogen functional groups attached to an aromatic ring is 1. The molecule has 2 N–H and O–H groups in total. The lowest BCUT2D eigenvalue weighted by molar-refractivity contribution is 0.419. The van der Waals surface area contributed by atoms with Gasteiger partial charge in [0, 0.05) is 0 Å². The molecule has 0 saturated carbocycles. The van der Waals surface area contributed by atoms with Gasteiger partial charge >= 0.3 is 0 Å². The van der Waals surface area contributed by atoms with Gasteiger partial charge in [-0.05, 0) is 23.6 Å². The van der Waals surface area contributed by atoms with Crippen LogP contribution < -0.4 is 10.5 Å². The highest BCUT2D eigenvalue weighted by atomic mass is 32.1. The Morgan fingerprint density at radius 3 is 2.94 bits per heavy atom. The van der Waals surface area contributed by atoms with Crippen LogP contribution in [0.5, 0.6) is 5.75 Å². The van der Waals surface area contributed by atoms with Gasteiger partial charge in [0.1, 0.15) is 10.6 Å². The van der Waals surface area contributed by atoms with Gasteiger partial charge in [0.15, 0.2) is 11.1 Å². The van der Waals surface area contributed by atoms with Gasteiger partial charge in [-0.15, -0.1) is 11.3 Å². The maximum atomic E-state index is 5.84. The first-order chi connectivity index (χ1) is 8.29. The van der Waals surface area contributed by atoms with E-state index in [1.54, 1.807) is 7.11 Å². The van der Waals surface area contributed by atoms with Crippen molar-refractivity contribution in [1.29, 1.82) is 0 Å². The molecule has 0 fully saturated rings. The number of nitrogens with two attached hydrogens (primary N) is 1. The van der Waals surface area contributed by atoms with Crippen molar-refractivity contribution in [3.63, 3.8) is 0 Å². The number of oxazole rings is 1. The number of hydrogen-bond acceptors (Lipinski definition) is 5. The van der Waals surface area contributed by atoms with Crippen molar-refractivity contribution >= 4 is 28.1 Å². The highest BCUT2D eigenvalue weighted by Gasteiger charge is 2.14. The van der Waals surface area contributed by atoms with Gasteiger partial charge in [-0.1, -0.05) is 6.07 Å². The Kier molecular flexibility index (Phi) is 2.26. The lowest BCUT2D eigenvalue weighted by atomic mass is 10.3. The van der Waals surface area contributed by atoms with E-state index in [0.29, 0.717) is 22.9 Å². The summed E-state index contributed by atoms with van der Waals surface area (Å²) >= 11 is 1.51. The average Bonchev–Trinajstić information content (AvgIpc) is 2.93. The van der Waals surface area contributed by atoms with Gasteiger partial charge in [-0.25, -0.2) is 4.98 Å². The molecule has 4 nitrogen and oxygen atoms in total. The van der Waals surface area contributed by atoms with Gasteiger partial charge in [0.05, 0.1) is 12.8 Å². The molecule has 0 aliphatic carbocycles. The first kappa shape index (κ1) is 10.2. The monoisotopic (exact) mass is 246 g/mol. The van der Waals surface area contributed by atoms with Crippen molar-refractivity contribution in [2.75, 3.05) is 12.8 Å². The van der Waals surface area contributed by atoms with E-state index in [1.807, 2.05) is 29.6 Å². The van der Waals surface area contributed by atoms with Crippen molar-refractivity contribution < 1.29 is 9.15 Å². The molecule has 0 unspecified atom stereocenters. The minimum absolute atomic E-state index is 0.539. The third-order valence-corrected chi connectivity index (χ3v) is 3.41. The molecule has 3 aromatic rings. The second-order valence-corrected chi connectivity index (χ2v) is 4.45. The summed E-state index contributed by atoms with van der Waals surface area (Å²) in [5.74, 6) is 1.24. The van der Waals surface area contributed by atoms with Gasteiger partial charge in [0.25, 0.3) is 0 Å². The molecule has 0 atom stereocenters. The van der Waals surface area contributed by atoms with Crippen molar-refractivity contribution in [2.24, 2.45) is 0 Å². The van der Waals surface area contributed by atoms with Crippen LogP contribution in [0.3, 0.4) is 0 Å². The smallest absolute Gasteiger partial charge is 0.239 e. The summed E-state index contributed by atoms with van der Waals surface area (Å²) in [6.45, 7) is 0. The molecule has 86 valence electrons. The molecule has 0 aliphatic rings. The number of nitrogens with zero attached hydrogens (tertiary/aromatic N) is 1. The Morgan fingerprint density at radius 1 is 1.35 bits per heavy atom. The maximum Gasteiger partial charge on any atom is 0.239 e. The number of hydrogen-bond donors (Lipinski definition) is 1. The number of thiophene rings is 1. The third kappa shape index (κ3) is 1.55. The van der Waals surface area contributed by atoms with Crippen molar-refractivity contribution in [3.8, 4) is 16.5 Å². The molecule has 0 aliphatic heterocycles. The van der Waals surface area contributed by atoms with Crippen LogP contribution in [0.1, 0.15) is 0 Å². The standard InChI is InChI=1S/C12H10N2O2S/c1-15-8-3-2-4-9-10(8)14-12(16-9)11-7(13)5-6-17-11/h2-6H,13H2,1H3. The van der Waals surface area contributed by atoms with E-state index in [4.69, 9.17) is 14.9 Å². The summed E-state index contributed by atoms with van der Waals surface area (Å²) in [6.07, 6.45) is 0. The highest BCUT2D eigenvalue weighted by molar-refractivity contribution is 7.14. The molecule has 1 aromatic carbocycles. The zero-order valence-corrected chi connectivity index (χ0v) is 9.95. The summed E-state index contributed by atoms with van der Waals surface area (Å²) in [4.78, 5) is 5.28. The van der Waals surface area contributed by atoms with Crippen molar-refractivity contribution in [2.45, 2.75) is 0 Å². The number of anilines is 1. The number of rotatable bonds is 2. The number of aromatic nitrogens is 1. The Hall–Kier alpha value is -2.01. The zero-order valence-electron chi connectivity index (χ0n) is 9.14. The topological polar surface area (TPSA) is 61.3 Å².